The monoisotopic (exact) mass is 227 g/mol. The van der Waals surface area contributed by atoms with Gasteiger partial charge in [0.15, 0.2) is 0 Å². The van der Waals surface area contributed by atoms with Gasteiger partial charge in [-0.2, -0.15) is 0 Å². The van der Waals surface area contributed by atoms with Crippen LogP contribution in [0.4, 0.5) is 5.82 Å². The first kappa shape index (κ1) is 10.6. The summed E-state index contributed by atoms with van der Waals surface area (Å²) in [6.07, 6.45) is 5.69. The number of rotatable bonds is 1. The van der Waals surface area contributed by atoms with Crippen LogP contribution in [0.1, 0.15) is 19.3 Å². The average Bonchev–Trinajstić information content (AvgIpc) is 2.43. The van der Waals surface area contributed by atoms with E-state index in [0.29, 0.717) is 5.15 Å². The minimum absolute atomic E-state index is 0.179. The van der Waals surface area contributed by atoms with Crippen LogP contribution in [0.3, 0.4) is 0 Å². The Bertz CT molecular complexity index is 334. The number of aromatic nitrogens is 2. The molecule has 0 aromatic carbocycles. The van der Waals surface area contributed by atoms with Crippen LogP contribution in [0.2, 0.25) is 5.15 Å². The van der Waals surface area contributed by atoms with Gasteiger partial charge >= 0.3 is 0 Å². The Hall–Kier alpha value is -0.870. The molecule has 82 valence electrons. The number of anilines is 1. The molecule has 0 aliphatic carbocycles. The Morgan fingerprint density at radius 1 is 1.33 bits per heavy atom. The van der Waals surface area contributed by atoms with Gasteiger partial charge in [0.2, 0.25) is 0 Å². The van der Waals surface area contributed by atoms with Crippen LogP contribution in [0.5, 0.6) is 0 Å². The van der Waals surface area contributed by atoms with E-state index in [-0.39, 0.29) is 6.10 Å². The van der Waals surface area contributed by atoms with Crippen molar-refractivity contribution in [2.45, 2.75) is 25.4 Å². The van der Waals surface area contributed by atoms with Gasteiger partial charge in [0.05, 0.1) is 18.5 Å². The van der Waals surface area contributed by atoms with Gasteiger partial charge in [-0.3, -0.25) is 4.98 Å². The predicted octanol–water partition coefficient (Wildman–Crippen LogP) is 1.48. The van der Waals surface area contributed by atoms with Crippen LogP contribution in [0.15, 0.2) is 12.4 Å². The molecule has 1 fully saturated rings. The van der Waals surface area contributed by atoms with Gasteiger partial charge in [-0.1, -0.05) is 11.6 Å². The maximum Gasteiger partial charge on any atom is 0.149 e. The van der Waals surface area contributed by atoms with E-state index in [9.17, 15) is 5.11 Å². The molecule has 1 unspecified atom stereocenters. The lowest BCUT2D eigenvalue weighted by molar-refractivity contribution is 0.161. The fourth-order valence-corrected chi connectivity index (χ4v) is 1.94. The van der Waals surface area contributed by atoms with Gasteiger partial charge < -0.3 is 10.0 Å². The highest BCUT2D eigenvalue weighted by molar-refractivity contribution is 6.29. The van der Waals surface area contributed by atoms with Gasteiger partial charge in [-0.25, -0.2) is 4.98 Å². The molecule has 5 heteroatoms. The van der Waals surface area contributed by atoms with Crippen LogP contribution >= 0.6 is 11.6 Å². The van der Waals surface area contributed by atoms with Crippen molar-refractivity contribution in [2.24, 2.45) is 0 Å². The van der Waals surface area contributed by atoms with Crippen LogP contribution in [-0.4, -0.2) is 34.3 Å². The molecule has 1 saturated heterocycles. The van der Waals surface area contributed by atoms with Gasteiger partial charge in [0, 0.05) is 13.1 Å². The summed E-state index contributed by atoms with van der Waals surface area (Å²) in [5.41, 5.74) is 0. The van der Waals surface area contributed by atoms with E-state index in [2.05, 4.69) is 14.9 Å². The standard InChI is InChI=1S/C10H14ClN3O/c11-9-6-12-7-10(13-9)14-4-1-2-8(15)3-5-14/h6-8,15H,1-5H2. The Morgan fingerprint density at radius 2 is 2.20 bits per heavy atom. The summed E-state index contributed by atoms with van der Waals surface area (Å²) in [6.45, 7) is 1.72. The molecule has 1 aromatic heterocycles. The smallest absolute Gasteiger partial charge is 0.149 e. The predicted molar refractivity (Wildman–Crippen MR) is 59.1 cm³/mol. The quantitative estimate of drug-likeness (QED) is 0.790. The van der Waals surface area contributed by atoms with E-state index in [4.69, 9.17) is 11.6 Å². The van der Waals surface area contributed by atoms with E-state index >= 15 is 0 Å². The summed E-state index contributed by atoms with van der Waals surface area (Å²) in [4.78, 5) is 10.3. The van der Waals surface area contributed by atoms with Crippen molar-refractivity contribution >= 4 is 17.4 Å². The summed E-state index contributed by atoms with van der Waals surface area (Å²) < 4.78 is 0. The number of halogens is 1. The molecule has 15 heavy (non-hydrogen) atoms. The first-order chi connectivity index (χ1) is 7.25. The van der Waals surface area contributed by atoms with Crippen molar-refractivity contribution in [3.63, 3.8) is 0 Å². The maximum atomic E-state index is 9.52. The lowest BCUT2D eigenvalue weighted by atomic mass is 10.2. The summed E-state index contributed by atoms with van der Waals surface area (Å²) in [6, 6.07) is 0. The third-order valence-electron chi connectivity index (χ3n) is 2.61. The molecule has 1 aromatic rings. The van der Waals surface area contributed by atoms with Crippen LogP contribution in [0, 0.1) is 0 Å². The Kier molecular flexibility index (Phi) is 3.38. The number of aliphatic hydroxyl groups excluding tert-OH is 1. The fraction of sp³-hybridized carbons (Fsp3) is 0.600. The van der Waals surface area contributed by atoms with Crippen LogP contribution in [0.25, 0.3) is 0 Å². The number of nitrogens with zero attached hydrogens (tertiary/aromatic N) is 3. The molecule has 1 N–H and O–H groups in total. The van der Waals surface area contributed by atoms with Gasteiger partial charge in [0.1, 0.15) is 11.0 Å². The van der Waals surface area contributed by atoms with E-state index in [0.717, 1.165) is 38.2 Å². The summed E-state index contributed by atoms with van der Waals surface area (Å²) in [5.74, 6) is 0.802. The Balaban J connectivity index is 2.09. The minimum atomic E-state index is -0.179. The van der Waals surface area contributed by atoms with Crippen LogP contribution in [-0.2, 0) is 0 Å². The minimum Gasteiger partial charge on any atom is -0.393 e. The molecule has 0 bridgehead atoms. The lowest BCUT2D eigenvalue weighted by Gasteiger charge is -2.20. The first-order valence-electron chi connectivity index (χ1n) is 5.16. The van der Waals surface area contributed by atoms with E-state index in [1.54, 1.807) is 6.20 Å². The molecule has 0 radical (unpaired) electrons. The molecule has 0 amide bonds. The largest absolute Gasteiger partial charge is 0.393 e. The SMILES string of the molecule is OC1CCCN(c2cncc(Cl)n2)CC1. The van der Waals surface area contributed by atoms with Crippen molar-refractivity contribution in [3.8, 4) is 0 Å². The fourth-order valence-electron chi connectivity index (χ4n) is 1.79. The Labute approximate surface area is 93.9 Å². The molecule has 1 aliphatic heterocycles. The second kappa shape index (κ2) is 4.77. The van der Waals surface area contributed by atoms with Crippen molar-refractivity contribution in [1.82, 2.24) is 9.97 Å². The van der Waals surface area contributed by atoms with Crippen LogP contribution < -0.4 is 4.90 Å². The Morgan fingerprint density at radius 3 is 3.00 bits per heavy atom. The molecule has 4 nitrogen and oxygen atoms in total. The number of hydrogen-bond acceptors (Lipinski definition) is 4. The molecule has 0 saturated carbocycles. The second-order valence-corrected chi connectivity index (χ2v) is 4.16. The van der Waals surface area contributed by atoms with Gasteiger partial charge in [-0.05, 0) is 19.3 Å². The van der Waals surface area contributed by atoms with Crippen molar-refractivity contribution < 1.29 is 5.11 Å². The normalized spacial score (nSPS) is 22.5. The van der Waals surface area contributed by atoms with Gasteiger partial charge in [-0.15, -0.1) is 0 Å². The van der Waals surface area contributed by atoms with E-state index in [1.165, 1.54) is 6.20 Å². The molecule has 0 spiro atoms. The van der Waals surface area contributed by atoms with Crippen molar-refractivity contribution in [3.05, 3.63) is 17.5 Å². The second-order valence-electron chi connectivity index (χ2n) is 3.77. The number of hydrogen-bond donors (Lipinski definition) is 1. The first-order valence-corrected chi connectivity index (χ1v) is 5.54. The average molecular weight is 228 g/mol. The number of aliphatic hydroxyl groups is 1. The van der Waals surface area contributed by atoms with Crippen molar-refractivity contribution in [2.75, 3.05) is 18.0 Å². The topological polar surface area (TPSA) is 49.2 Å². The molecule has 2 heterocycles. The van der Waals surface area contributed by atoms with E-state index in [1.807, 2.05) is 0 Å². The molecular formula is C10H14ClN3O. The molecular weight excluding hydrogens is 214 g/mol. The lowest BCUT2D eigenvalue weighted by Crippen LogP contribution is -2.25. The highest BCUT2D eigenvalue weighted by Gasteiger charge is 2.16. The summed E-state index contributed by atoms with van der Waals surface area (Å²) >= 11 is 5.78. The van der Waals surface area contributed by atoms with Gasteiger partial charge in [0.25, 0.3) is 0 Å². The molecule has 1 atom stereocenters. The van der Waals surface area contributed by atoms with E-state index < -0.39 is 0 Å². The maximum absolute atomic E-state index is 9.52. The summed E-state index contributed by atoms with van der Waals surface area (Å²) in [5, 5.41) is 9.93. The highest BCUT2D eigenvalue weighted by Crippen LogP contribution is 2.18. The van der Waals surface area contributed by atoms with Crippen molar-refractivity contribution in [1.29, 1.82) is 0 Å². The third-order valence-corrected chi connectivity index (χ3v) is 2.80. The molecule has 1 aliphatic rings. The zero-order valence-corrected chi connectivity index (χ0v) is 9.19. The molecule has 2 rings (SSSR count). The summed E-state index contributed by atoms with van der Waals surface area (Å²) in [7, 11) is 0. The third kappa shape index (κ3) is 2.79. The zero-order chi connectivity index (χ0) is 10.7. The zero-order valence-electron chi connectivity index (χ0n) is 8.43. The highest BCUT2D eigenvalue weighted by atomic mass is 35.5.